The van der Waals surface area contributed by atoms with E-state index in [0.29, 0.717) is 17.2 Å². The molecule has 0 aliphatic rings. The van der Waals surface area contributed by atoms with E-state index < -0.39 is 5.97 Å². The maximum atomic E-state index is 12.7. The number of nitrogens with one attached hydrogen (secondary N) is 1. The van der Waals surface area contributed by atoms with Crippen LogP contribution in [0.15, 0.2) is 91.0 Å². The number of anilines is 1. The zero-order valence-corrected chi connectivity index (χ0v) is 20.3. The zero-order chi connectivity index (χ0) is 24.6. The van der Waals surface area contributed by atoms with Crippen LogP contribution in [0.25, 0.3) is 17.2 Å². The summed E-state index contributed by atoms with van der Waals surface area (Å²) in [5.74, 6) is -0.0698. The van der Waals surface area contributed by atoms with Gasteiger partial charge in [0.15, 0.2) is 0 Å². The molecule has 176 valence electrons. The number of aryl methyl sites for hydroxylation is 1. The number of rotatable bonds is 8. The van der Waals surface area contributed by atoms with E-state index in [1.807, 2.05) is 91.9 Å². The second kappa shape index (κ2) is 11.3. The molecule has 6 heteroatoms. The van der Waals surface area contributed by atoms with Crippen molar-refractivity contribution in [2.45, 2.75) is 13.5 Å². The van der Waals surface area contributed by atoms with Gasteiger partial charge in [0.2, 0.25) is 5.91 Å². The summed E-state index contributed by atoms with van der Waals surface area (Å²) < 4.78 is 10.8. The fourth-order valence-electron chi connectivity index (χ4n) is 3.62. The number of hydrogen-bond donors (Lipinski definition) is 1. The number of thiophene rings is 1. The number of methoxy groups -OCH3 is 1. The van der Waals surface area contributed by atoms with Crippen LogP contribution in [0.2, 0.25) is 0 Å². The van der Waals surface area contributed by atoms with Gasteiger partial charge in [-0.25, -0.2) is 4.79 Å². The zero-order valence-electron chi connectivity index (χ0n) is 19.5. The summed E-state index contributed by atoms with van der Waals surface area (Å²) >= 11 is 1.35. The first-order valence-electron chi connectivity index (χ1n) is 11.1. The minimum Gasteiger partial charge on any atom is -0.489 e. The molecule has 0 spiro atoms. The monoisotopic (exact) mass is 483 g/mol. The van der Waals surface area contributed by atoms with Crippen LogP contribution in [-0.2, 0) is 16.1 Å². The molecular formula is C29H25NO4S. The predicted octanol–water partition coefficient (Wildman–Crippen LogP) is 6.74. The second-order valence-electron chi connectivity index (χ2n) is 7.76. The van der Waals surface area contributed by atoms with E-state index in [4.69, 9.17) is 9.47 Å². The topological polar surface area (TPSA) is 64.6 Å². The molecule has 0 aliphatic heterocycles. The molecule has 0 radical (unpaired) electrons. The van der Waals surface area contributed by atoms with E-state index in [9.17, 15) is 9.59 Å². The van der Waals surface area contributed by atoms with Crippen molar-refractivity contribution in [2.75, 3.05) is 12.4 Å². The fraction of sp³-hybridized carbons (Fsp3) is 0.103. The summed E-state index contributed by atoms with van der Waals surface area (Å²) in [6, 6.07) is 27.0. The molecule has 0 fully saturated rings. The van der Waals surface area contributed by atoms with Gasteiger partial charge in [0.25, 0.3) is 0 Å². The number of carbonyl (C=O) groups is 2. The quantitative estimate of drug-likeness (QED) is 0.223. The van der Waals surface area contributed by atoms with Crippen LogP contribution in [0.3, 0.4) is 0 Å². The Kier molecular flexibility index (Phi) is 7.75. The molecule has 5 nitrogen and oxygen atoms in total. The lowest BCUT2D eigenvalue weighted by Crippen LogP contribution is -2.11. The molecule has 0 saturated carbocycles. The molecule has 35 heavy (non-hydrogen) atoms. The summed E-state index contributed by atoms with van der Waals surface area (Å²) in [4.78, 5) is 26.2. The number of esters is 1. The van der Waals surface area contributed by atoms with Gasteiger partial charge < -0.3 is 14.8 Å². The van der Waals surface area contributed by atoms with Crippen molar-refractivity contribution < 1.29 is 19.1 Å². The van der Waals surface area contributed by atoms with Gasteiger partial charge >= 0.3 is 5.97 Å². The normalized spacial score (nSPS) is 10.8. The third kappa shape index (κ3) is 6.05. The van der Waals surface area contributed by atoms with Gasteiger partial charge in [0, 0.05) is 16.5 Å². The highest BCUT2D eigenvalue weighted by molar-refractivity contribution is 7.17. The number of hydrogen-bond acceptors (Lipinski definition) is 5. The standard InChI is InChI=1S/C29H25NO4S/c1-20-26(23-11-7-4-8-12-23)27(29(32)33-2)28(35-20)30-25(31)18-15-21-13-16-24(17-14-21)34-19-22-9-5-3-6-10-22/h3-18H,19H2,1-2H3,(H,30,31). The lowest BCUT2D eigenvalue weighted by molar-refractivity contribution is -0.111. The molecule has 0 aliphatic carbocycles. The molecule has 1 amide bonds. The van der Waals surface area contributed by atoms with Crippen LogP contribution >= 0.6 is 11.3 Å². The van der Waals surface area contributed by atoms with Crippen LogP contribution in [0.5, 0.6) is 5.75 Å². The summed E-state index contributed by atoms with van der Waals surface area (Å²) in [5.41, 5.74) is 3.98. The van der Waals surface area contributed by atoms with Gasteiger partial charge in [-0.2, -0.15) is 0 Å². The first-order valence-corrected chi connectivity index (χ1v) is 11.9. The highest BCUT2D eigenvalue weighted by atomic mass is 32.1. The van der Waals surface area contributed by atoms with E-state index >= 15 is 0 Å². The van der Waals surface area contributed by atoms with Crippen molar-refractivity contribution in [2.24, 2.45) is 0 Å². The molecule has 0 saturated heterocycles. The minimum absolute atomic E-state index is 0.333. The number of amides is 1. The maximum absolute atomic E-state index is 12.7. The first kappa shape index (κ1) is 24.0. The third-order valence-electron chi connectivity index (χ3n) is 5.33. The van der Waals surface area contributed by atoms with Crippen molar-refractivity contribution in [3.05, 3.63) is 113 Å². The van der Waals surface area contributed by atoms with Crippen molar-refractivity contribution in [3.8, 4) is 16.9 Å². The lowest BCUT2D eigenvalue weighted by atomic mass is 10.0. The van der Waals surface area contributed by atoms with E-state index in [2.05, 4.69) is 5.32 Å². The van der Waals surface area contributed by atoms with Gasteiger partial charge in [-0.3, -0.25) is 4.79 Å². The van der Waals surface area contributed by atoms with Crippen LogP contribution < -0.4 is 10.1 Å². The number of carbonyl (C=O) groups excluding carboxylic acids is 2. The highest BCUT2D eigenvalue weighted by Gasteiger charge is 2.24. The van der Waals surface area contributed by atoms with E-state index in [0.717, 1.165) is 32.9 Å². The molecule has 4 rings (SSSR count). The van der Waals surface area contributed by atoms with Crippen LogP contribution in [0, 0.1) is 6.92 Å². The lowest BCUT2D eigenvalue weighted by Gasteiger charge is -2.07. The van der Waals surface area contributed by atoms with Crippen LogP contribution in [0.1, 0.15) is 26.4 Å². The van der Waals surface area contributed by atoms with Crippen LogP contribution in [-0.4, -0.2) is 19.0 Å². The molecule has 0 unspecified atom stereocenters. The van der Waals surface area contributed by atoms with Crippen molar-refractivity contribution in [1.82, 2.24) is 0 Å². The van der Waals surface area contributed by atoms with E-state index in [1.165, 1.54) is 24.5 Å². The van der Waals surface area contributed by atoms with E-state index in [1.54, 1.807) is 6.08 Å². The summed E-state index contributed by atoms with van der Waals surface area (Å²) in [7, 11) is 1.34. The summed E-state index contributed by atoms with van der Waals surface area (Å²) in [5, 5.41) is 3.31. The van der Waals surface area contributed by atoms with E-state index in [-0.39, 0.29) is 5.91 Å². The number of benzene rings is 3. The Morgan fingerprint density at radius 3 is 2.23 bits per heavy atom. The molecule has 4 aromatic rings. The number of ether oxygens (including phenoxy) is 2. The first-order chi connectivity index (χ1) is 17.0. The Balaban J connectivity index is 1.44. The Labute approximate surface area is 208 Å². The summed E-state index contributed by atoms with van der Waals surface area (Å²) in [6.07, 6.45) is 3.16. The van der Waals surface area contributed by atoms with Gasteiger partial charge in [0.05, 0.1) is 7.11 Å². The smallest absolute Gasteiger partial charge is 0.341 e. The molecule has 0 bridgehead atoms. The predicted molar refractivity (Wildman–Crippen MR) is 141 cm³/mol. The van der Waals surface area contributed by atoms with Gasteiger partial charge in [-0.15, -0.1) is 11.3 Å². The highest BCUT2D eigenvalue weighted by Crippen LogP contribution is 2.40. The van der Waals surface area contributed by atoms with Crippen molar-refractivity contribution in [1.29, 1.82) is 0 Å². The Bertz CT molecular complexity index is 1330. The Hall–Kier alpha value is -4.16. The molecule has 1 aromatic heterocycles. The minimum atomic E-state index is -0.487. The SMILES string of the molecule is COC(=O)c1c(NC(=O)C=Cc2ccc(OCc3ccccc3)cc2)sc(C)c1-c1ccccc1. The Morgan fingerprint density at radius 1 is 0.914 bits per heavy atom. The third-order valence-corrected chi connectivity index (χ3v) is 6.35. The molecule has 0 atom stereocenters. The van der Waals surface area contributed by atoms with Gasteiger partial charge in [-0.05, 0) is 41.8 Å². The maximum Gasteiger partial charge on any atom is 0.341 e. The average molecular weight is 484 g/mol. The average Bonchev–Trinajstić information content (AvgIpc) is 3.22. The largest absolute Gasteiger partial charge is 0.489 e. The molecule has 3 aromatic carbocycles. The molecular weight excluding hydrogens is 458 g/mol. The van der Waals surface area contributed by atoms with Gasteiger partial charge in [-0.1, -0.05) is 72.8 Å². The van der Waals surface area contributed by atoms with Crippen molar-refractivity contribution >= 4 is 34.3 Å². The summed E-state index contributed by atoms with van der Waals surface area (Å²) in [6.45, 7) is 2.42. The van der Waals surface area contributed by atoms with Crippen molar-refractivity contribution in [3.63, 3.8) is 0 Å². The Morgan fingerprint density at radius 2 is 1.57 bits per heavy atom. The van der Waals surface area contributed by atoms with Crippen LogP contribution in [0.4, 0.5) is 5.00 Å². The molecule has 1 N–H and O–H groups in total. The fourth-order valence-corrected chi connectivity index (χ4v) is 4.69. The molecule has 1 heterocycles. The second-order valence-corrected chi connectivity index (χ2v) is 8.99. The van der Waals surface area contributed by atoms with Gasteiger partial charge in [0.1, 0.15) is 22.9 Å².